The van der Waals surface area contributed by atoms with Crippen LogP contribution in [0.3, 0.4) is 0 Å². The SMILES string of the molecule is CNC(C)Cc1noc(CCC(=O)c2ccc(Cl)cc2)n1. The maximum absolute atomic E-state index is 12.0. The number of ketones is 1. The fraction of sp³-hybridized carbons (Fsp3) is 0.400. The number of rotatable bonds is 7. The number of hydrogen-bond donors (Lipinski definition) is 1. The molecule has 0 saturated carbocycles. The Morgan fingerprint density at radius 1 is 1.38 bits per heavy atom. The Labute approximate surface area is 128 Å². The van der Waals surface area contributed by atoms with Gasteiger partial charge in [-0.3, -0.25) is 4.79 Å². The molecule has 1 unspecified atom stereocenters. The summed E-state index contributed by atoms with van der Waals surface area (Å²) in [6.45, 7) is 2.04. The number of hydrogen-bond acceptors (Lipinski definition) is 5. The lowest BCUT2D eigenvalue weighted by molar-refractivity contribution is 0.0979. The van der Waals surface area contributed by atoms with Crippen molar-refractivity contribution in [1.82, 2.24) is 15.5 Å². The molecule has 0 radical (unpaired) electrons. The number of Topliss-reactive ketones (excluding diaryl/α,β-unsaturated/α-hetero) is 1. The van der Waals surface area contributed by atoms with Crippen molar-refractivity contribution in [1.29, 1.82) is 0 Å². The summed E-state index contributed by atoms with van der Waals surface area (Å²) in [6, 6.07) is 7.14. The maximum atomic E-state index is 12.0. The van der Waals surface area contributed by atoms with Crippen LogP contribution < -0.4 is 5.32 Å². The summed E-state index contributed by atoms with van der Waals surface area (Å²) in [5.74, 6) is 1.19. The maximum Gasteiger partial charge on any atom is 0.227 e. The third-order valence-corrected chi connectivity index (χ3v) is 3.48. The second-order valence-electron chi connectivity index (χ2n) is 4.93. The first-order valence-corrected chi connectivity index (χ1v) is 7.23. The van der Waals surface area contributed by atoms with E-state index in [-0.39, 0.29) is 11.8 Å². The number of nitrogens with one attached hydrogen (secondary N) is 1. The van der Waals surface area contributed by atoms with Crippen molar-refractivity contribution >= 4 is 17.4 Å². The molecule has 5 nitrogen and oxygen atoms in total. The second-order valence-corrected chi connectivity index (χ2v) is 5.36. The molecule has 0 saturated heterocycles. The minimum absolute atomic E-state index is 0.0370. The summed E-state index contributed by atoms with van der Waals surface area (Å²) in [5.41, 5.74) is 0.642. The van der Waals surface area contributed by atoms with Gasteiger partial charge in [0, 0.05) is 35.9 Å². The summed E-state index contributed by atoms with van der Waals surface area (Å²) in [7, 11) is 1.89. The van der Waals surface area contributed by atoms with Crippen LogP contribution in [0.1, 0.15) is 35.4 Å². The molecule has 0 amide bonds. The standard InChI is InChI=1S/C15H18ClN3O2/c1-10(17-2)9-14-18-15(21-19-14)8-7-13(20)11-3-5-12(16)6-4-11/h3-6,10,17H,7-9H2,1-2H3. The molecule has 1 N–H and O–H groups in total. The van der Waals surface area contributed by atoms with Gasteiger partial charge in [0.25, 0.3) is 0 Å². The van der Waals surface area contributed by atoms with Gasteiger partial charge in [0.15, 0.2) is 11.6 Å². The quantitative estimate of drug-likeness (QED) is 0.797. The van der Waals surface area contributed by atoms with E-state index in [9.17, 15) is 4.79 Å². The van der Waals surface area contributed by atoms with Gasteiger partial charge in [0.05, 0.1) is 0 Å². The minimum atomic E-state index is 0.0370. The monoisotopic (exact) mass is 307 g/mol. The molecule has 112 valence electrons. The average molecular weight is 308 g/mol. The third-order valence-electron chi connectivity index (χ3n) is 3.22. The van der Waals surface area contributed by atoms with Crippen LogP contribution in [0.5, 0.6) is 0 Å². The fourth-order valence-electron chi connectivity index (χ4n) is 1.85. The summed E-state index contributed by atoms with van der Waals surface area (Å²) in [5, 5.41) is 7.64. The van der Waals surface area contributed by atoms with Gasteiger partial charge in [-0.2, -0.15) is 4.98 Å². The van der Waals surface area contributed by atoms with Crippen LogP contribution in [0, 0.1) is 0 Å². The molecule has 0 aliphatic heterocycles. The molecule has 0 spiro atoms. The Morgan fingerprint density at radius 2 is 2.10 bits per heavy atom. The van der Waals surface area contributed by atoms with Crippen LogP contribution in [-0.2, 0) is 12.8 Å². The molecule has 2 rings (SSSR count). The van der Waals surface area contributed by atoms with Crippen LogP contribution >= 0.6 is 11.6 Å². The van der Waals surface area contributed by atoms with Crippen molar-refractivity contribution in [2.45, 2.75) is 32.2 Å². The van der Waals surface area contributed by atoms with Crippen molar-refractivity contribution in [3.8, 4) is 0 Å². The summed E-state index contributed by atoms with van der Waals surface area (Å²) < 4.78 is 5.15. The van der Waals surface area contributed by atoms with Crippen molar-refractivity contribution in [3.05, 3.63) is 46.6 Å². The zero-order chi connectivity index (χ0) is 15.2. The predicted octanol–water partition coefficient (Wildman–Crippen LogP) is 2.69. The lowest BCUT2D eigenvalue weighted by Crippen LogP contribution is -2.24. The molecule has 0 bridgehead atoms. The first-order valence-electron chi connectivity index (χ1n) is 6.86. The highest BCUT2D eigenvalue weighted by Crippen LogP contribution is 2.12. The van der Waals surface area contributed by atoms with Gasteiger partial charge in [-0.05, 0) is 38.2 Å². The van der Waals surface area contributed by atoms with Crippen LogP contribution in [0.2, 0.25) is 5.02 Å². The molecule has 1 atom stereocenters. The number of benzene rings is 1. The van der Waals surface area contributed by atoms with E-state index in [2.05, 4.69) is 15.5 Å². The van der Waals surface area contributed by atoms with E-state index in [0.29, 0.717) is 41.6 Å². The zero-order valence-electron chi connectivity index (χ0n) is 12.1. The number of halogens is 1. The predicted molar refractivity (Wildman–Crippen MR) is 80.6 cm³/mol. The second kappa shape index (κ2) is 7.33. The van der Waals surface area contributed by atoms with E-state index in [1.54, 1.807) is 24.3 Å². The molecular formula is C15H18ClN3O2. The molecule has 1 aromatic heterocycles. The molecule has 1 aromatic carbocycles. The van der Waals surface area contributed by atoms with Gasteiger partial charge in [0.2, 0.25) is 5.89 Å². The summed E-state index contributed by atoms with van der Waals surface area (Å²) >= 11 is 5.80. The summed E-state index contributed by atoms with van der Waals surface area (Å²) in [4.78, 5) is 16.3. The average Bonchev–Trinajstić information content (AvgIpc) is 2.93. The van der Waals surface area contributed by atoms with Gasteiger partial charge in [0.1, 0.15) is 0 Å². The lowest BCUT2D eigenvalue weighted by atomic mass is 10.1. The Balaban J connectivity index is 1.88. The van der Waals surface area contributed by atoms with E-state index in [1.165, 1.54) is 0 Å². The molecular weight excluding hydrogens is 290 g/mol. The topological polar surface area (TPSA) is 68.0 Å². The number of carbonyl (C=O) groups is 1. The number of aromatic nitrogens is 2. The smallest absolute Gasteiger partial charge is 0.227 e. The third kappa shape index (κ3) is 4.65. The number of aryl methyl sites for hydroxylation is 1. The fourth-order valence-corrected chi connectivity index (χ4v) is 1.98. The van der Waals surface area contributed by atoms with Gasteiger partial charge in [-0.1, -0.05) is 16.8 Å². The highest BCUT2D eigenvalue weighted by Gasteiger charge is 2.12. The first-order chi connectivity index (χ1) is 10.1. The van der Waals surface area contributed by atoms with Crippen molar-refractivity contribution < 1.29 is 9.32 Å². The Hall–Kier alpha value is -1.72. The van der Waals surface area contributed by atoms with Crippen molar-refractivity contribution in [2.24, 2.45) is 0 Å². The number of likely N-dealkylation sites (N-methyl/N-ethyl adjacent to an activating group) is 1. The summed E-state index contributed by atoms with van der Waals surface area (Å²) in [6.07, 6.45) is 1.48. The van der Waals surface area contributed by atoms with Crippen molar-refractivity contribution in [2.75, 3.05) is 7.05 Å². The molecule has 0 fully saturated rings. The minimum Gasteiger partial charge on any atom is -0.339 e. The van der Waals surface area contributed by atoms with Gasteiger partial charge in [-0.25, -0.2) is 0 Å². The molecule has 21 heavy (non-hydrogen) atoms. The molecule has 2 aromatic rings. The molecule has 1 heterocycles. The van der Waals surface area contributed by atoms with Crippen molar-refractivity contribution in [3.63, 3.8) is 0 Å². The Morgan fingerprint density at radius 3 is 2.76 bits per heavy atom. The normalized spacial score (nSPS) is 12.3. The Kier molecular flexibility index (Phi) is 5.47. The van der Waals surface area contributed by atoms with E-state index in [1.807, 2.05) is 14.0 Å². The largest absolute Gasteiger partial charge is 0.339 e. The van der Waals surface area contributed by atoms with E-state index in [4.69, 9.17) is 16.1 Å². The Bertz CT molecular complexity index is 595. The van der Waals surface area contributed by atoms with Gasteiger partial charge >= 0.3 is 0 Å². The van der Waals surface area contributed by atoms with Crippen LogP contribution in [-0.4, -0.2) is 29.0 Å². The number of nitrogens with zero attached hydrogens (tertiary/aromatic N) is 2. The van der Waals surface area contributed by atoms with Crippen LogP contribution in [0.15, 0.2) is 28.8 Å². The van der Waals surface area contributed by atoms with E-state index in [0.717, 1.165) is 0 Å². The highest BCUT2D eigenvalue weighted by molar-refractivity contribution is 6.30. The first kappa shape index (κ1) is 15.7. The highest BCUT2D eigenvalue weighted by atomic mass is 35.5. The van der Waals surface area contributed by atoms with E-state index < -0.39 is 0 Å². The number of carbonyl (C=O) groups excluding carboxylic acids is 1. The van der Waals surface area contributed by atoms with Gasteiger partial charge in [-0.15, -0.1) is 0 Å². The molecule has 0 aliphatic carbocycles. The van der Waals surface area contributed by atoms with Crippen LogP contribution in [0.25, 0.3) is 0 Å². The zero-order valence-corrected chi connectivity index (χ0v) is 12.9. The van der Waals surface area contributed by atoms with E-state index >= 15 is 0 Å². The molecule has 0 aliphatic rings. The lowest BCUT2D eigenvalue weighted by Gasteiger charge is -2.04. The van der Waals surface area contributed by atoms with Crippen LogP contribution in [0.4, 0.5) is 0 Å². The molecule has 6 heteroatoms. The van der Waals surface area contributed by atoms with Gasteiger partial charge < -0.3 is 9.84 Å².